The Morgan fingerprint density at radius 2 is 1.71 bits per heavy atom. The molecular weight excluding hydrogens is 399 g/mol. The Morgan fingerprint density at radius 3 is 2.32 bits per heavy atom. The number of oxime groups is 1. The van der Waals surface area contributed by atoms with E-state index in [-0.39, 0.29) is 6.10 Å². The van der Waals surface area contributed by atoms with Gasteiger partial charge in [0.05, 0.1) is 28.5 Å². The molecule has 3 aliphatic carbocycles. The van der Waals surface area contributed by atoms with Crippen LogP contribution in [0.15, 0.2) is 27.9 Å². The van der Waals surface area contributed by atoms with Crippen LogP contribution in [0.5, 0.6) is 0 Å². The molecule has 2 atom stereocenters. The van der Waals surface area contributed by atoms with Gasteiger partial charge in [-0.25, -0.2) is 0 Å². The molecule has 2 bridgehead atoms. The van der Waals surface area contributed by atoms with E-state index in [0.717, 1.165) is 55.6 Å². The van der Waals surface area contributed by atoms with Crippen molar-refractivity contribution in [2.45, 2.75) is 57.2 Å². The lowest BCUT2D eigenvalue weighted by molar-refractivity contribution is 0.0168. The molecular formula is C21H22Cl2N2O3. The second-order valence-electron chi connectivity index (χ2n) is 8.15. The summed E-state index contributed by atoms with van der Waals surface area (Å²) in [6.45, 7) is 0.432. The van der Waals surface area contributed by atoms with Gasteiger partial charge in [-0.05, 0) is 50.7 Å². The van der Waals surface area contributed by atoms with Gasteiger partial charge in [0, 0.05) is 28.9 Å². The zero-order chi connectivity index (χ0) is 19.3. The van der Waals surface area contributed by atoms with E-state index in [0.29, 0.717) is 45.7 Å². The predicted molar refractivity (Wildman–Crippen MR) is 107 cm³/mol. The van der Waals surface area contributed by atoms with Crippen molar-refractivity contribution in [2.75, 3.05) is 0 Å². The molecule has 2 unspecified atom stereocenters. The normalized spacial score (nSPS) is 26.6. The lowest BCUT2D eigenvalue weighted by atomic mass is 9.85. The number of rotatable bonds is 5. The van der Waals surface area contributed by atoms with Gasteiger partial charge >= 0.3 is 0 Å². The van der Waals surface area contributed by atoms with Crippen molar-refractivity contribution in [3.8, 4) is 11.3 Å². The van der Waals surface area contributed by atoms with E-state index < -0.39 is 0 Å². The maximum absolute atomic E-state index is 9.26. The molecule has 3 fully saturated rings. The Kier molecular flexibility index (Phi) is 4.85. The highest BCUT2D eigenvalue weighted by Gasteiger charge is 2.41. The van der Waals surface area contributed by atoms with E-state index in [4.69, 9.17) is 32.5 Å². The molecule has 3 saturated carbocycles. The van der Waals surface area contributed by atoms with Gasteiger partial charge in [-0.3, -0.25) is 0 Å². The molecule has 1 aromatic carbocycles. The summed E-state index contributed by atoms with van der Waals surface area (Å²) in [6.07, 6.45) is 6.36. The standard InChI is InChI=1S/C21H22Cl2N2O3/c22-16-2-1-3-17(23)18(16)20-15(21(28-25-20)11-4-5-11)10-27-14-8-12-6-7-13(9-14)19(12)24-26/h1-3,11-14,26H,4-10H2. The van der Waals surface area contributed by atoms with Crippen molar-refractivity contribution in [3.05, 3.63) is 39.6 Å². The molecule has 1 heterocycles. The summed E-state index contributed by atoms with van der Waals surface area (Å²) >= 11 is 12.8. The van der Waals surface area contributed by atoms with Gasteiger partial charge in [-0.2, -0.15) is 0 Å². The molecule has 3 aliphatic rings. The quantitative estimate of drug-likeness (QED) is 0.471. The molecule has 0 amide bonds. The second-order valence-corrected chi connectivity index (χ2v) is 8.96. The largest absolute Gasteiger partial charge is 0.411 e. The second kappa shape index (κ2) is 7.36. The Hall–Kier alpha value is -1.56. The number of ether oxygens (including phenoxy) is 1. The van der Waals surface area contributed by atoms with Crippen LogP contribution in [0.4, 0.5) is 0 Å². The number of nitrogens with zero attached hydrogens (tertiary/aromatic N) is 2. The third-order valence-corrected chi connectivity index (χ3v) is 6.97. The van der Waals surface area contributed by atoms with Crippen LogP contribution in [0, 0.1) is 11.8 Å². The molecule has 5 nitrogen and oxygen atoms in total. The Balaban J connectivity index is 1.40. The van der Waals surface area contributed by atoms with Crippen LogP contribution in [-0.2, 0) is 11.3 Å². The van der Waals surface area contributed by atoms with Crippen molar-refractivity contribution in [3.63, 3.8) is 0 Å². The number of hydrogen-bond donors (Lipinski definition) is 1. The van der Waals surface area contributed by atoms with Crippen molar-refractivity contribution in [2.24, 2.45) is 17.0 Å². The summed E-state index contributed by atoms with van der Waals surface area (Å²) < 4.78 is 12.1. The van der Waals surface area contributed by atoms with Crippen LogP contribution in [-0.4, -0.2) is 22.2 Å². The minimum atomic E-state index is 0.152. The van der Waals surface area contributed by atoms with Gasteiger partial charge < -0.3 is 14.5 Å². The minimum Gasteiger partial charge on any atom is -0.411 e. The van der Waals surface area contributed by atoms with Crippen LogP contribution in [0.1, 0.15) is 55.8 Å². The van der Waals surface area contributed by atoms with Crippen LogP contribution < -0.4 is 0 Å². The van der Waals surface area contributed by atoms with Gasteiger partial charge in [-0.15, -0.1) is 0 Å². The smallest absolute Gasteiger partial charge is 0.145 e. The molecule has 2 aromatic rings. The first kappa shape index (κ1) is 18.5. The van der Waals surface area contributed by atoms with E-state index in [2.05, 4.69) is 10.3 Å². The monoisotopic (exact) mass is 420 g/mol. The molecule has 0 saturated heterocycles. The highest BCUT2D eigenvalue weighted by Crippen LogP contribution is 2.47. The summed E-state index contributed by atoms with van der Waals surface area (Å²) in [4.78, 5) is 0. The fourth-order valence-corrected chi connectivity index (χ4v) is 5.36. The molecule has 1 N–H and O–H groups in total. The van der Waals surface area contributed by atoms with Crippen molar-refractivity contribution in [1.29, 1.82) is 0 Å². The minimum absolute atomic E-state index is 0.152. The SMILES string of the molecule is ON=C1C2CCC1CC(OCc1c(-c3c(Cl)cccc3Cl)noc1C1CC1)C2. The lowest BCUT2D eigenvalue weighted by Gasteiger charge is -2.28. The maximum Gasteiger partial charge on any atom is 0.145 e. The molecule has 0 aliphatic heterocycles. The van der Waals surface area contributed by atoms with Crippen LogP contribution in [0.2, 0.25) is 10.0 Å². The van der Waals surface area contributed by atoms with Crippen molar-refractivity contribution < 1.29 is 14.5 Å². The maximum atomic E-state index is 9.26. The Morgan fingerprint density at radius 1 is 1.07 bits per heavy atom. The zero-order valence-corrected chi connectivity index (χ0v) is 16.9. The van der Waals surface area contributed by atoms with Crippen LogP contribution in [0.3, 0.4) is 0 Å². The molecule has 7 heteroatoms. The summed E-state index contributed by atoms with van der Waals surface area (Å²) in [6, 6.07) is 5.45. The molecule has 28 heavy (non-hydrogen) atoms. The number of aromatic nitrogens is 1. The summed E-state index contributed by atoms with van der Waals surface area (Å²) in [5, 5.41) is 18.2. The summed E-state index contributed by atoms with van der Waals surface area (Å²) in [5.41, 5.74) is 3.32. The average Bonchev–Trinajstić information content (AvgIpc) is 3.39. The number of benzene rings is 1. The third-order valence-electron chi connectivity index (χ3n) is 6.34. The Bertz CT molecular complexity index is 886. The first-order valence-electron chi connectivity index (χ1n) is 9.92. The van der Waals surface area contributed by atoms with Crippen LogP contribution >= 0.6 is 23.2 Å². The molecule has 0 radical (unpaired) electrons. The fraction of sp³-hybridized carbons (Fsp3) is 0.524. The van der Waals surface area contributed by atoms with E-state index in [1.54, 1.807) is 0 Å². The summed E-state index contributed by atoms with van der Waals surface area (Å²) in [7, 11) is 0. The Labute approximate surface area is 173 Å². The van der Waals surface area contributed by atoms with Crippen molar-refractivity contribution in [1.82, 2.24) is 5.16 Å². The number of hydrogen-bond acceptors (Lipinski definition) is 5. The molecule has 5 rings (SSSR count). The van der Waals surface area contributed by atoms with E-state index in [9.17, 15) is 5.21 Å². The number of halogens is 2. The molecule has 1 aromatic heterocycles. The van der Waals surface area contributed by atoms with E-state index in [1.807, 2.05) is 18.2 Å². The highest BCUT2D eigenvalue weighted by molar-refractivity contribution is 6.39. The first-order chi connectivity index (χ1) is 13.7. The van der Waals surface area contributed by atoms with Gasteiger partial charge in [0.2, 0.25) is 0 Å². The van der Waals surface area contributed by atoms with Gasteiger partial charge in [0.25, 0.3) is 0 Å². The highest BCUT2D eigenvalue weighted by atomic mass is 35.5. The molecule has 0 spiro atoms. The first-order valence-corrected chi connectivity index (χ1v) is 10.7. The third kappa shape index (κ3) is 3.23. The lowest BCUT2D eigenvalue weighted by Crippen LogP contribution is -2.31. The van der Waals surface area contributed by atoms with Gasteiger partial charge in [-0.1, -0.05) is 39.6 Å². The summed E-state index contributed by atoms with van der Waals surface area (Å²) in [5.74, 6) is 2.01. The predicted octanol–water partition coefficient (Wildman–Crippen LogP) is 6.06. The van der Waals surface area contributed by atoms with Gasteiger partial charge in [0.15, 0.2) is 0 Å². The van der Waals surface area contributed by atoms with Gasteiger partial charge in [0.1, 0.15) is 11.5 Å². The van der Waals surface area contributed by atoms with Crippen molar-refractivity contribution >= 4 is 28.9 Å². The molecule has 148 valence electrons. The van der Waals surface area contributed by atoms with E-state index >= 15 is 0 Å². The fourth-order valence-electron chi connectivity index (χ4n) is 4.79. The topological polar surface area (TPSA) is 67.9 Å². The average molecular weight is 421 g/mol. The van der Waals surface area contributed by atoms with E-state index in [1.165, 1.54) is 0 Å². The number of fused-ring (bicyclic) bond motifs is 2. The zero-order valence-electron chi connectivity index (χ0n) is 15.4. The van der Waals surface area contributed by atoms with Crippen LogP contribution in [0.25, 0.3) is 11.3 Å².